The first kappa shape index (κ1) is 17.8. The molecule has 2 amide bonds. The topological polar surface area (TPSA) is 99.8 Å². The van der Waals surface area contributed by atoms with Crippen LogP contribution in [0.4, 0.5) is 0 Å². The van der Waals surface area contributed by atoms with Crippen molar-refractivity contribution < 1.29 is 9.59 Å². The largest absolute Gasteiger partial charge is 0.299 e. The van der Waals surface area contributed by atoms with Crippen LogP contribution in [0.15, 0.2) is 36.0 Å². The second kappa shape index (κ2) is 7.47. The number of halogens is 1. The first-order chi connectivity index (χ1) is 12.5. The molecule has 2 N–H and O–H groups in total. The van der Waals surface area contributed by atoms with E-state index in [2.05, 4.69) is 21.8 Å². The van der Waals surface area contributed by atoms with Gasteiger partial charge in [-0.15, -0.1) is 0 Å². The standard InChI is InChI=1S/C17H12ClN5O2S/c18-12-4-2-10(3-5-12)14-11(9-23(22-14)7-1-6-19)8-13-15(24)20-17(26)21-16(13)25/h2-5,8-9H,1,7H2,(H2,20,21,24,25,26). The minimum absolute atomic E-state index is 0.0280. The summed E-state index contributed by atoms with van der Waals surface area (Å²) >= 11 is 10.7. The molecular weight excluding hydrogens is 374 g/mol. The Morgan fingerprint density at radius 3 is 2.50 bits per heavy atom. The quantitative estimate of drug-likeness (QED) is 0.476. The highest BCUT2D eigenvalue weighted by molar-refractivity contribution is 7.80. The van der Waals surface area contributed by atoms with Crippen molar-refractivity contribution in [2.45, 2.75) is 13.0 Å². The summed E-state index contributed by atoms with van der Waals surface area (Å²) in [6.45, 7) is 0.392. The summed E-state index contributed by atoms with van der Waals surface area (Å²) in [5.41, 5.74) is 1.83. The molecular formula is C17H12ClN5O2S. The molecule has 1 aliphatic rings. The summed E-state index contributed by atoms with van der Waals surface area (Å²) in [6.07, 6.45) is 3.42. The zero-order valence-electron chi connectivity index (χ0n) is 13.3. The highest BCUT2D eigenvalue weighted by atomic mass is 35.5. The molecule has 130 valence electrons. The number of hydrogen-bond donors (Lipinski definition) is 2. The summed E-state index contributed by atoms with van der Waals surface area (Å²) in [7, 11) is 0. The fourth-order valence-corrected chi connectivity index (χ4v) is 2.73. The number of hydrogen-bond acceptors (Lipinski definition) is 5. The molecule has 1 aromatic carbocycles. The minimum atomic E-state index is -0.578. The van der Waals surface area contributed by atoms with E-state index in [1.165, 1.54) is 6.08 Å². The molecule has 1 saturated heterocycles. The van der Waals surface area contributed by atoms with Crippen LogP contribution < -0.4 is 10.6 Å². The van der Waals surface area contributed by atoms with E-state index in [0.717, 1.165) is 5.56 Å². The van der Waals surface area contributed by atoms with Gasteiger partial charge in [0.25, 0.3) is 11.8 Å². The van der Waals surface area contributed by atoms with Crippen LogP contribution in [0.5, 0.6) is 0 Å². The Morgan fingerprint density at radius 1 is 1.23 bits per heavy atom. The number of benzene rings is 1. The Kier molecular flexibility index (Phi) is 5.11. The van der Waals surface area contributed by atoms with Crippen LogP contribution in [-0.2, 0) is 16.1 Å². The van der Waals surface area contributed by atoms with Crippen LogP contribution in [0.3, 0.4) is 0 Å². The van der Waals surface area contributed by atoms with E-state index >= 15 is 0 Å². The van der Waals surface area contributed by atoms with Gasteiger partial charge in [-0.2, -0.15) is 10.4 Å². The normalized spacial score (nSPS) is 13.8. The lowest BCUT2D eigenvalue weighted by Crippen LogP contribution is -2.51. The fourth-order valence-electron chi connectivity index (χ4n) is 2.42. The van der Waals surface area contributed by atoms with Gasteiger partial charge in [0.05, 0.1) is 24.7 Å². The predicted molar refractivity (Wildman–Crippen MR) is 99.8 cm³/mol. The number of carbonyl (C=O) groups is 2. The first-order valence-electron chi connectivity index (χ1n) is 7.56. The van der Waals surface area contributed by atoms with Gasteiger partial charge in [-0.05, 0) is 30.4 Å². The lowest BCUT2D eigenvalue weighted by atomic mass is 10.0. The van der Waals surface area contributed by atoms with Crippen molar-refractivity contribution in [3.63, 3.8) is 0 Å². The number of aryl methyl sites for hydroxylation is 1. The molecule has 2 heterocycles. The van der Waals surface area contributed by atoms with E-state index < -0.39 is 11.8 Å². The third kappa shape index (κ3) is 3.79. The smallest absolute Gasteiger partial charge is 0.263 e. The van der Waals surface area contributed by atoms with Crippen molar-refractivity contribution in [1.82, 2.24) is 20.4 Å². The zero-order chi connectivity index (χ0) is 18.7. The van der Waals surface area contributed by atoms with Gasteiger partial charge in [0.2, 0.25) is 0 Å². The van der Waals surface area contributed by atoms with Crippen molar-refractivity contribution in [3.8, 4) is 17.3 Å². The van der Waals surface area contributed by atoms with Crippen molar-refractivity contribution in [3.05, 3.63) is 46.6 Å². The molecule has 2 aromatic rings. The molecule has 1 aromatic heterocycles. The van der Waals surface area contributed by atoms with E-state index in [-0.39, 0.29) is 17.1 Å². The number of amides is 2. The van der Waals surface area contributed by atoms with Crippen molar-refractivity contribution >= 4 is 46.8 Å². The number of aromatic nitrogens is 2. The molecule has 0 spiro atoms. The molecule has 0 unspecified atom stereocenters. The summed E-state index contributed by atoms with van der Waals surface area (Å²) in [6, 6.07) is 9.08. The highest BCUT2D eigenvalue weighted by Gasteiger charge is 2.26. The third-order valence-electron chi connectivity index (χ3n) is 3.60. The molecule has 0 radical (unpaired) electrons. The first-order valence-corrected chi connectivity index (χ1v) is 8.35. The number of nitriles is 1. The molecule has 0 atom stereocenters. The van der Waals surface area contributed by atoms with E-state index in [1.54, 1.807) is 35.1 Å². The second-order valence-electron chi connectivity index (χ2n) is 5.41. The van der Waals surface area contributed by atoms with E-state index in [9.17, 15) is 9.59 Å². The monoisotopic (exact) mass is 385 g/mol. The molecule has 1 aliphatic heterocycles. The molecule has 26 heavy (non-hydrogen) atoms. The minimum Gasteiger partial charge on any atom is -0.299 e. The predicted octanol–water partition coefficient (Wildman–Crippen LogP) is 2.03. The van der Waals surface area contributed by atoms with E-state index in [0.29, 0.717) is 22.8 Å². The maximum absolute atomic E-state index is 12.1. The van der Waals surface area contributed by atoms with Crippen molar-refractivity contribution in [2.24, 2.45) is 0 Å². The van der Waals surface area contributed by atoms with Gasteiger partial charge in [-0.1, -0.05) is 23.7 Å². The van der Waals surface area contributed by atoms with Crippen LogP contribution >= 0.6 is 23.8 Å². The van der Waals surface area contributed by atoms with Gasteiger partial charge in [0.15, 0.2) is 5.11 Å². The van der Waals surface area contributed by atoms with E-state index in [4.69, 9.17) is 29.1 Å². The van der Waals surface area contributed by atoms with Gasteiger partial charge in [-0.25, -0.2) is 0 Å². The Balaban J connectivity index is 2.06. The Labute approximate surface area is 159 Å². The van der Waals surface area contributed by atoms with Crippen LogP contribution in [0.2, 0.25) is 5.02 Å². The lowest BCUT2D eigenvalue weighted by molar-refractivity contribution is -0.123. The summed E-state index contributed by atoms with van der Waals surface area (Å²) in [5, 5.41) is 18.6. The maximum atomic E-state index is 12.1. The van der Waals surface area contributed by atoms with Gasteiger partial charge in [0.1, 0.15) is 5.57 Å². The summed E-state index contributed by atoms with van der Waals surface area (Å²) < 4.78 is 1.60. The van der Waals surface area contributed by atoms with Crippen LogP contribution in [0.25, 0.3) is 17.3 Å². The summed E-state index contributed by atoms with van der Waals surface area (Å²) in [5.74, 6) is -1.16. The molecule has 9 heteroatoms. The Bertz CT molecular complexity index is 950. The Morgan fingerprint density at radius 2 is 1.88 bits per heavy atom. The number of rotatable bonds is 4. The second-order valence-corrected chi connectivity index (χ2v) is 6.25. The molecule has 0 saturated carbocycles. The molecule has 0 bridgehead atoms. The van der Waals surface area contributed by atoms with Crippen molar-refractivity contribution in [1.29, 1.82) is 5.26 Å². The highest BCUT2D eigenvalue weighted by Crippen LogP contribution is 2.26. The molecule has 7 nitrogen and oxygen atoms in total. The maximum Gasteiger partial charge on any atom is 0.263 e. The zero-order valence-corrected chi connectivity index (χ0v) is 14.9. The average molecular weight is 386 g/mol. The number of nitrogens with one attached hydrogen (secondary N) is 2. The number of thiocarbonyl (C=S) groups is 1. The van der Waals surface area contributed by atoms with Gasteiger partial charge in [-0.3, -0.25) is 24.9 Å². The third-order valence-corrected chi connectivity index (χ3v) is 4.06. The molecule has 0 aliphatic carbocycles. The fraction of sp³-hybridized carbons (Fsp3) is 0.118. The van der Waals surface area contributed by atoms with E-state index in [1.807, 2.05) is 0 Å². The van der Waals surface area contributed by atoms with Gasteiger partial charge < -0.3 is 0 Å². The SMILES string of the molecule is N#CCCn1cc(C=C2C(=O)NC(=S)NC2=O)c(-c2ccc(Cl)cc2)n1. The summed E-state index contributed by atoms with van der Waals surface area (Å²) in [4.78, 5) is 24.2. The molecule has 3 rings (SSSR count). The van der Waals surface area contributed by atoms with Gasteiger partial charge >= 0.3 is 0 Å². The van der Waals surface area contributed by atoms with Crippen molar-refractivity contribution in [2.75, 3.05) is 0 Å². The Hall–Kier alpha value is -3.02. The average Bonchev–Trinajstić information content (AvgIpc) is 3.00. The van der Waals surface area contributed by atoms with Gasteiger partial charge in [0, 0.05) is 22.3 Å². The van der Waals surface area contributed by atoms with Crippen LogP contribution in [0, 0.1) is 11.3 Å². The lowest BCUT2D eigenvalue weighted by Gasteiger charge is -2.16. The number of carbonyl (C=O) groups excluding carboxylic acids is 2. The molecule has 1 fully saturated rings. The number of nitrogens with zero attached hydrogens (tertiary/aromatic N) is 3. The van der Waals surface area contributed by atoms with Crippen LogP contribution in [-0.4, -0.2) is 26.7 Å². The van der Waals surface area contributed by atoms with Crippen LogP contribution in [0.1, 0.15) is 12.0 Å².